The number of hydrogen-bond donors (Lipinski definition) is 0. The zero-order valence-corrected chi connectivity index (χ0v) is 10.7. The van der Waals surface area contributed by atoms with Gasteiger partial charge in [0.15, 0.2) is 11.5 Å². The highest BCUT2D eigenvalue weighted by Crippen LogP contribution is 2.21. The lowest BCUT2D eigenvalue weighted by atomic mass is 10.2. The third-order valence-corrected chi connectivity index (χ3v) is 3.22. The number of ether oxygens (including phenoxy) is 1. The van der Waals surface area contributed by atoms with Crippen molar-refractivity contribution in [1.29, 1.82) is 0 Å². The molecule has 19 heavy (non-hydrogen) atoms. The number of amides is 1. The molecule has 1 fully saturated rings. The number of hydrogen-bond acceptors (Lipinski definition) is 4. The van der Waals surface area contributed by atoms with Crippen molar-refractivity contribution in [2.24, 2.45) is 7.05 Å². The standard InChI is InChI=1S/C13H15N3O3/c1-15-4-2-3-11(15)12-9-10(14-19-12)13(17)16-5-7-18-8-6-16/h2-4,9H,5-8H2,1H3. The van der Waals surface area contributed by atoms with Gasteiger partial charge in [0.25, 0.3) is 5.91 Å². The Morgan fingerprint density at radius 3 is 2.84 bits per heavy atom. The van der Waals surface area contributed by atoms with Gasteiger partial charge in [-0.05, 0) is 12.1 Å². The van der Waals surface area contributed by atoms with Gasteiger partial charge in [0, 0.05) is 32.4 Å². The van der Waals surface area contributed by atoms with E-state index in [0.717, 1.165) is 5.69 Å². The van der Waals surface area contributed by atoms with Gasteiger partial charge in [0.2, 0.25) is 0 Å². The maximum absolute atomic E-state index is 12.2. The van der Waals surface area contributed by atoms with Crippen LogP contribution in [0.15, 0.2) is 28.9 Å². The summed E-state index contributed by atoms with van der Waals surface area (Å²) in [5, 5.41) is 3.87. The van der Waals surface area contributed by atoms with Crippen molar-refractivity contribution in [3.8, 4) is 11.5 Å². The average molecular weight is 261 g/mol. The molecule has 1 amide bonds. The lowest BCUT2D eigenvalue weighted by Crippen LogP contribution is -2.40. The van der Waals surface area contributed by atoms with Crippen LogP contribution in [0.5, 0.6) is 0 Å². The van der Waals surface area contributed by atoms with Gasteiger partial charge < -0.3 is 18.7 Å². The van der Waals surface area contributed by atoms with Crippen LogP contribution in [-0.2, 0) is 11.8 Å². The van der Waals surface area contributed by atoms with Crippen LogP contribution in [0.4, 0.5) is 0 Å². The van der Waals surface area contributed by atoms with Crippen LogP contribution in [0.2, 0.25) is 0 Å². The quantitative estimate of drug-likeness (QED) is 0.813. The molecular weight excluding hydrogens is 246 g/mol. The third-order valence-electron chi connectivity index (χ3n) is 3.22. The third kappa shape index (κ3) is 2.26. The first-order valence-corrected chi connectivity index (χ1v) is 6.21. The molecule has 0 unspecified atom stereocenters. The number of aryl methyl sites for hydroxylation is 1. The lowest BCUT2D eigenvalue weighted by molar-refractivity contribution is 0.0296. The van der Waals surface area contributed by atoms with E-state index in [1.54, 1.807) is 11.0 Å². The first-order chi connectivity index (χ1) is 9.25. The zero-order valence-electron chi connectivity index (χ0n) is 10.7. The molecule has 6 nitrogen and oxygen atoms in total. The minimum absolute atomic E-state index is 0.104. The Morgan fingerprint density at radius 2 is 2.16 bits per heavy atom. The van der Waals surface area contributed by atoms with E-state index >= 15 is 0 Å². The number of nitrogens with zero attached hydrogens (tertiary/aromatic N) is 3. The van der Waals surface area contributed by atoms with Crippen LogP contribution < -0.4 is 0 Å². The van der Waals surface area contributed by atoms with Gasteiger partial charge in [-0.1, -0.05) is 5.16 Å². The van der Waals surface area contributed by atoms with Crippen molar-refractivity contribution in [3.05, 3.63) is 30.1 Å². The van der Waals surface area contributed by atoms with Crippen LogP contribution in [0.25, 0.3) is 11.5 Å². The Bertz CT molecular complexity index is 581. The highest BCUT2D eigenvalue weighted by atomic mass is 16.5. The van der Waals surface area contributed by atoms with E-state index in [4.69, 9.17) is 9.26 Å². The van der Waals surface area contributed by atoms with E-state index < -0.39 is 0 Å². The fraction of sp³-hybridized carbons (Fsp3) is 0.385. The van der Waals surface area contributed by atoms with Gasteiger partial charge >= 0.3 is 0 Å². The van der Waals surface area contributed by atoms with Gasteiger partial charge in [-0.2, -0.15) is 0 Å². The van der Waals surface area contributed by atoms with Crippen molar-refractivity contribution in [2.75, 3.05) is 26.3 Å². The molecule has 0 spiro atoms. The van der Waals surface area contributed by atoms with Crippen molar-refractivity contribution < 1.29 is 14.1 Å². The molecule has 2 aromatic heterocycles. The second-order valence-corrected chi connectivity index (χ2v) is 4.49. The molecule has 100 valence electrons. The molecule has 6 heteroatoms. The molecule has 2 aromatic rings. The topological polar surface area (TPSA) is 60.5 Å². The lowest BCUT2D eigenvalue weighted by Gasteiger charge is -2.25. The van der Waals surface area contributed by atoms with E-state index in [2.05, 4.69) is 5.16 Å². The van der Waals surface area contributed by atoms with Crippen LogP contribution in [0.1, 0.15) is 10.5 Å². The van der Waals surface area contributed by atoms with Crippen LogP contribution in [0, 0.1) is 0 Å². The van der Waals surface area contributed by atoms with Crippen LogP contribution >= 0.6 is 0 Å². The van der Waals surface area contributed by atoms with Crippen molar-refractivity contribution >= 4 is 5.91 Å². The summed E-state index contributed by atoms with van der Waals surface area (Å²) in [6.45, 7) is 2.36. The Morgan fingerprint density at radius 1 is 1.37 bits per heavy atom. The molecule has 0 aliphatic carbocycles. The van der Waals surface area contributed by atoms with Crippen molar-refractivity contribution in [1.82, 2.24) is 14.6 Å². The number of aromatic nitrogens is 2. The smallest absolute Gasteiger partial charge is 0.276 e. The molecular formula is C13H15N3O3. The first-order valence-electron chi connectivity index (χ1n) is 6.21. The highest BCUT2D eigenvalue weighted by molar-refractivity contribution is 5.93. The molecule has 0 N–H and O–H groups in total. The molecule has 0 atom stereocenters. The number of morpholine rings is 1. The predicted molar refractivity (Wildman–Crippen MR) is 67.6 cm³/mol. The Balaban J connectivity index is 1.81. The fourth-order valence-corrected chi connectivity index (χ4v) is 2.14. The maximum Gasteiger partial charge on any atom is 0.276 e. The summed E-state index contributed by atoms with van der Waals surface area (Å²) in [6.07, 6.45) is 1.92. The molecule has 0 radical (unpaired) electrons. The fourth-order valence-electron chi connectivity index (χ4n) is 2.14. The molecule has 1 saturated heterocycles. The van der Waals surface area contributed by atoms with E-state index in [1.165, 1.54) is 0 Å². The van der Waals surface area contributed by atoms with Crippen LogP contribution in [-0.4, -0.2) is 46.8 Å². The van der Waals surface area contributed by atoms with Crippen molar-refractivity contribution in [3.63, 3.8) is 0 Å². The Labute approximate surface area is 110 Å². The van der Waals surface area contributed by atoms with Gasteiger partial charge in [-0.25, -0.2) is 0 Å². The monoisotopic (exact) mass is 261 g/mol. The van der Waals surface area contributed by atoms with Gasteiger partial charge in [0.05, 0.1) is 18.9 Å². The summed E-state index contributed by atoms with van der Waals surface area (Å²) in [7, 11) is 1.92. The molecule has 0 bridgehead atoms. The summed E-state index contributed by atoms with van der Waals surface area (Å²) in [5.41, 5.74) is 1.24. The predicted octanol–water partition coefficient (Wildman–Crippen LogP) is 1.15. The van der Waals surface area contributed by atoms with Gasteiger partial charge in [0.1, 0.15) is 0 Å². The second kappa shape index (κ2) is 4.89. The van der Waals surface area contributed by atoms with Gasteiger partial charge in [-0.3, -0.25) is 4.79 Å². The van der Waals surface area contributed by atoms with E-state index in [1.807, 2.05) is 29.9 Å². The molecule has 1 aliphatic heterocycles. The normalized spacial score (nSPS) is 15.7. The summed E-state index contributed by atoms with van der Waals surface area (Å²) in [5.74, 6) is 0.497. The number of rotatable bonds is 2. The Hall–Kier alpha value is -2.08. The molecule has 3 rings (SSSR count). The Kier molecular flexibility index (Phi) is 3.08. The van der Waals surface area contributed by atoms with E-state index in [0.29, 0.717) is 37.8 Å². The molecule has 3 heterocycles. The van der Waals surface area contributed by atoms with Crippen LogP contribution in [0.3, 0.4) is 0 Å². The minimum Gasteiger partial charge on any atom is -0.378 e. The summed E-state index contributed by atoms with van der Waals surface area (Å²) in [6, 6.07) is 5.53. The highest BCUT2D eigenvalue weighted by Gasteiger charge is 2.22. The summed E-state index contributed by atoms with van der Waals surface area (Å²) in [4.78, 5) is 13.9. The van der Waals surface area contributed by atoms with E-state index in [9.17, 15) is 4.79 Å². The molecule has 0 aromatic carbocycles. The largest absolute Gasteiger partial charge is 0.378 e. The molecule has 1 aliphatic rings. The summed E-state index contributed by atoms with van der Waals surface area (Å²) < 4.78 is 12.4. The zero-order chi connectivity index (χ0) is 13.2. The molecule has 0 saturated carbocycles. The summed E-state index contributed by atoms with van der Waals surface area (Å²) >= 11 is 0. The van der Waals surface area contributed by atoms with Gasteiger partial charge in [-0.15, -0.1) is 0 Å². The average Bonchev–Trinajstić information content (AvgIpc) is 3.07. The second-order valence-electron chi connectivity index (χ2n) is 4.49. The first kappa shape index (κ1) is 12.0. The number of carbonyl (C=O) groups is 1. The van der Waals surface area contributed by atoms with Crippen molar-refractivity contribution in [2.45, 2.75) is 0 Å². The SMILES string of the molecule is Cn1cccc1-c1cc(C(=O)N2CCOCC2)no1. The minimum atomic E-state index is -0.104. The maximum atomic E-state index is 12.2. The number of carbonyl (C=O) groups excluding carboxylic acids is 1. The van der Waals surface area contributed by atoms with E-state index in [-0.39, 0.29) is 5.91 Å².